The number of ether oxygens (including phenoxy) is 1. The first-order valence-corrected chi connectivity index (χ1v) is 8.10. The maximum atomic E-state index is 9.31. The van der Waals surface area contributed by atoms with Crippen molar-refractivity contribution in [3.8, 4) is 11.1 Å². The average Bonchev–Trinajstić information content (AvgIpc) is 3.11. The fourth-order valence-corrected chi connectivity index (χ4v) is 3.31. The summed E-state index contributed by atoms with van der Waals surface area (Å²) in [6.07, 6.45) is 6.14. The zero-order valence-corrected chi connectivity index (χ0v) is 13.0. The van der Waals surface area contributed by atoms with Gasteiger partial charge < -0.3 is 9.84 Å². The van der Waals surface area contributed by atoms with E-state index in [1.807, 2.05) is 18.3 Å². The molecule has 4 heteroatoms. The molecule has 0 spiro atoms. The number of hydrogen-bond acceptors (Lipinski definition) is 3. The number of aliphatic hydroxyl groups is 1. The van der Waals surface area contributed by atoms with Crippen LogP contribution in [0.2, 0.25) is 0 Å². The molecule has 2 aromatic carbocycles. The van der Waals surface area contributed by atoms with Gasteiger partial charge in [0.2, 0.25) is 0 Å². The quantitative estimate of drug-likeness (QED) is 0.805. The van der Waals surface area contributed by atoms with Crippen LogP contribution in [0.15, 0.2) is 48.8 Å². The Balaban J connectivity index is 1.73. The van der Waals surface area contributed by atoms with Crippen molar-refractivity contribution in [1.82, 2.24) is 9.78 Å². The van der Waals surface area contributed by atoms with Crippen LogP contribution in [0.3, 0.4) is 0 Å². The molecule has 0 unspecified atom stereocenters. The van der Waals surface area contributed by atoms with Crippen molar-refractivity contribution in [2.75, 3.05) is 13.2 Å². The highest BCUT2D eigenvalue weighted by Crippen LogP contribution is 2.30. The normalized spacial score (nSPS) is 16.0. The van der Waals surface area contributed by atoms with Crippen LogP contribution < -0.4 is 0 Å². The van der Waals surface area contributed by atoms with E-state index in [-0.39, 0.29) is 6.61 Å². The number of rotatable bonds is 3. The van der Waals surface area contributed by atoms with Crippen LogP contribution in [0.1, 0.15) is 24.4 Å². The fraction of sp³-hybridized carbons (Fsp3) is 0.316. The van der Waals surface area contributed by atoms with E-state index in [0.29, 0.717) is 6.04 Å². The van der Waals surface area contributed by atoms with Gasteiger partial charge in [0.05, 0.1) is 18.8 Å². The van der Waals surface area contributed by atoms with Crippen LogP contribution in [0.25, 0.3) is 21.9 Å². The third-order valence-electron chi connectivity index (χ3n) is 4.60. The second-order valence-corrected chi connectivity index (χ2v) is 6.07. The van der Waals surface area contributed by atoms with Crippen LogP contribution in [-0.2, 0) is 11.3 Å². The van der Waals surface area contributed by atoms with Crippen molar-refractivity contribution in [2.45, 2.75) is 25.5 Å². The molecule has 4 rings (SSSR count). The van der Waals surface area contributed by atoms with Gasteiger partial charge in [-0.25, -0.2) is 0 Å². The number of nitrogens with zero attached hydrogens (tertiary/aromatic N) is 2. The Morgan fingerprint density at radius 2 is 2.04 bits per heavy atom. The van der Waals surface area contributed by atoms with Crippen molar-refractivity contribution in [1.29, 1.82) is 0 Å². The van der Waals surface area contributed by atoms with Gasteiger partial charge in [-0.3, -0.25) is 4.68 Å². The van der Waals surface area contributed by atoms with Gasteiger partial charge in [0.1, 0.15) is 0 Å². The molecule has 2 heterocycles. The van der Waals surface area contributed by atoms with Gasteiger partial charge in [-0.15, -0.1) is 0 Å². The molecular formula is C19H20N2O2. The van der Waals surface area contributed by atoms with E-state index in [0.717, 1.165) is 42.6 Å². The second-order valence-electron chi connectivity index (χ2n) is 6.07. The molecule has 1 aromatic heterocycles. The fourth-order valence-electron chi connectivity index (χ4n) is 3.31. The van der Waals surface area contributed by atoms with E-state index in [2.05, 4.69) is 40.2 Å². The molecule has 118 valence electrons. The molecule has 1 aliphatic rings. The van der Waals surface area contributed by atoms with Crippen LogP contribution in [-0.4, -0.2) is 28.1 Å². The first-order valence-electron chi connectivity index (χ1n) is 8.10. The summed E-state index contributed by atoms with van der Waals surface area (Å²) in [6, 6.07) is 12.8. The Morgan fingerprint density at radius 1 is 1.17 bits per heavy atom. The lowest BCUT2D eigenvalue weighted by Gasteiger charge is -2.22. The Kier molecular flexibility index (Phi) is 3.85. The maximum Gasteiger partial charge on any atom is 0.0682 e. The summed E-state index contributed by atoms with van der Waals surface area (Å²) in [7, 11) is 0. The first kappa shape index (κ1) is 14.4. The summed E-state index contributed by atoms with van der Waals surface area (Å²) in [5, 5.41) is 16.2. The van der Waals surface area contributed by atoms with Crippen LogP contribution >= 0.6 is 0 Å². The number of aromatic nitrogens is 2. The minimum absolute atomic E-state index is 0.0713. The summed E-state index contributed by atoms with van der Waals surface area (Å²) in [5.41, 5.74) is 3.26. The molecule has 0 bridgehead atoms. The Bertz CT molecular complexity index is 819. The Hall–Kier alpha value is -2.17. The van der Waals surface area contributed by atoms with Gasteiger partial charge >= 0.3 is 0 Å². The van der Waals surface area contributed by atoms with Gasteiger partial charge in [0.15, 0.2) is 0 Å². The molecule has 1 aliphatic heterocycles. The molecule has 1 fully saturated rings. The summed E-state index contributed by atoms with van der Waals surface area (Å²) in [6.45, 7) is 1.71. The van der Waals surface area contributed by atoms with Gasteiger partial charge in [-0.1, -0.05) is 30.3 Å². The van der Waals surface area contributed by atoms with Crippen LogP contribution in [0, 0.1) is 0 Å². The van der Waals surface area contributed by atoms with Crippen molar-refractivity contribution in [3.05, 3.63) is 54.4 Å². The largest absolute Gasteiger partial charge is 0.392 e. The summed E-state index contributed by atoms with van der Waals surface area (Å²) in [4.78, 5) is 0. The highest BCUT2D eigenvalue weighted by atomic mass is 16.5. The minimum Gasteiger partial charge on any atom is -0.392 e. The van der Waals surface area contributed by atoms with E-state index < -0.39 is 0 Å². The Morgan fingerprint density at radius 3 is 2.87 bits per heavy atom. The predicted octanol–water partition coefficient (Wildman–Crippen LogP) is 3.55. The SMILES string of the molecule is OCc1ccc2c(-c3cnn(C4CCOCC4)c3)cccc2c1. The monoisotopic (exact) mass is 308 g/mol. The van der Waals surface area contributed by atoms with Crippen molar-refractivity contribution >= 4 is 10.8 Å². The van der Waals surface area contributed by atoms with Gasteiger partial charge in [0.25, 0.3) is 0 Å². The van der Waals surface area contributed by atoms with Crippen molar-refractivity contribution in [2.24, 2.45) is 0 Å². The lowest BCUT2D eigenvalue weighted by Crippen LogP contribution is -2.19. The molecule has 0 saturated carbocycles. The van der Waals surface area contributed by atoms with E-state index in [1.54, 1.807) is 0 Å². The van der Waals surface area contributed by atoms with Crippen molar-refractivity contribution in [3.63, 3.8) is 0 Å². The summed E-state index contributed by atoms with van der Waals surface area (Å²) in [5.74, 6) is 0. The van der Waals surface area contributed by atoms with Crippen molar-refractivity contribution < 1.29 is 9.84 Å². The molecule has 1 N–H and O–H groups in total. The number of benzene rings is 2. The predicted molar refractivity (Wildman–Crippen MR) is 90.2 cm³/mol. The van der Waals surface area contributed by atoms with E-state index in [1.165, 1.54) is 10.9 Å². The van der Waals surface area contributed by atoms with E-state index in [9.17, 15) is 5.11 Å². The smallest absolute Gasteiger partial charge is 0.0682 e. The number of fused-ring (bicyclic) bond motifs is 1. The molecular weight excluding hydrogens is 288 g/mol. The third kappa shape index (κ3) is 2.76. The van der Waals surface area contributed by atoms with Gasteiger partial charge in [-0.05, 0) is 40.8 Å². The topological polar surface area (TPSA) is 47.3 Å². The molecule has 4 nitrogen and oxygen atoms in total. The minimum atomic E-state index is 0.0713. The van der Waals surface area contributed by atoms with Gasteiger partial charge in [0, 0.05) is 25.0 Å². The lowest BCUT2D eigenvalue weighted by molar-refractivity contribution is 0.0662. The summed E-state index contributed by atoms with van der Waals surface area (Å²) < 4.78 is 7.51. The first-order chi connectivity index (χ1) is 11.3. The zero-order chi connectivity index (χ0) is 15.6. The average molecular weight is 308 g/mol. The molecule has 0 atom stereocenters. The van der Waals surface area contributed by atoms with E-state index in [4.69, 9.17) is 4.74 Å². The summed E-state index contributed by atoms with van der Waals surface area (Å²) >= 11 is 0. The number of aliphatic hydroxyl groups excluding tert-OH is 1. The maximum absolute atomic E-state index is 9.31. The zero-order valence-electron chi connectivity index (χ0n) is 13.0. The Labute approximate surface area is 135 Å². The van der Waals surface area contributed by atoms with Gasteiger partial charge in [-0.2, -0.15) is 5.10 Å². The molecule has 0 amide bonds. The molecule has 1 saturated heterocycles. The molecule has 3 aromatic rings. The van der Waals surface area contributed by atoms with Crippen LogP contribution in [0.4, 0.5) is 0 Å². The van der Waals surface area contributed by atoms with E-state index >= 15 is 0 Å². The molecule has 0 radical (unpaired) electrons. The third-order valence-corrected chi connectivity index (χ3v) is 4.60. The highest BCUT2D eigenvalue weighted by molar-refractivity contribution is 5.96. The lowest BCUT2D eigenvalue weighted by atomic mass is 9.99. The molecule has 0 aliphatic carbocycles. The molecule has 23 heavy (non-hydrogen) atoms. The second kappa shape index (κ2) is 6.14. The standard InChI is InChI=1S/C19H20N2O2/c22-13-14-4-5-19-15(10-14)2-1-3-18(19)16-11-20-21(12-16)17-6-8-23-9-7-17/h1-5,10-12,17,22H,6-9,13H2. The highest BCUT2D eigenvalue weighted by Gasteiger charge is 2.17. The van der Waals surface area contributed by atoms with Crippen LogP contribution in [0.5, 0.6) is 0 Å². The number of hydrogen-bond donors (Lipinski definition) is 1.